The van der Waals surface area contributed by atoms with Crippen LogP contribution in [0.15, 0.2) is 36.4 Å². The summed E-state index contributed by atoms with van der Waals surface area (Å²) in [5, 5.41) is 0. The molecule has 2 aromatic rings. The van der Waals surface area contributed by atoms with E-state index < -0.39 is 11.6 Å². The number of aryl methyl sites for hydroxylation is 1. The zero-order valence-corrected chi connectivity index (χ0v) is 15.8. The van der Waals surface area contributed by atoms with Crippen LogP contribution in [0.5, 0.6) is 11.5 Å². The molecule has 0 spiro atoms. The Morgan fingerprint density at radius 1 is 1.04 bits per heavy atom. The highest BCUT2D eigenvalue weighted by atomic mass is 19.2. The molecule has 28 heavy (non-hydrogen) atoms. The van der Waals surface area contributed by atoms with Gasteiger partial charge >= 0.3 is 0 Å². The van der Waals surface area contributed by atoms with Gasteiger partial charge in [0.05, 0.1) is 0 Å². The monoisotopic (exact) mass is 387 g/mol. The number of nitrogens with zero attached hydrogens (tertiary/aromatic N) is 1. The van der Waals surface area contributed by atoms with Crippen molar-refractivity contribution in [2.24, 2.45) is 0 Å². The largest absolute Gasteiger partial charge is 0.486 e. The van der Waals surface area contributed by atoms with E-state index in [1.165, 1.54) is 6.07 Å². The molecule has 0 radical (unpaired) electrons. The first-order valence-corrected chi connectivity index (χ1v) is 9.69. The Bertz CT molecular complexity index is 886. The smallest absolute Gasteiger partial charge is 0.254 e. The Hall–Kier alpha value is -2.63. The SMILES string of the molecule is C[C@@H]1CC[C@H](CCc2ccc(F)c(F)c2)N1C(=O)c1ccc2c(c1)OCCO2. The number of rotatable bonds is 4. The lowest BCUT2D eigenvalue weighted by molar-refractivity contribution is 0.0671. The number of benzene rings is 2. The Morgan fingerprint density at radius 2 is 1.82 bits per heavy atom. The summed E-state index contributed by atoms with van der Waals surface area (Å²) in [5.41, 5.74) is 1.32. The van der Waals surface area contributed by atoms with E-state index in [-0.39, 0.29) is 18.0 Å². The quantitative estimate of drug-likeness (QED) is 0.782. The minimum absolute atomic E-state index is 0.0303. The van der Waals surface area contributed by atoms with Crippen LogP contribution in [0.4, 0.5) is 8.78 Å². The van der Waals surface area contributed by atoms with Crippen LogP contribution >= 0.6 is 0 Å². The second-order valence-electron chi connectivity index (χ2n) is 7.44. The molecule has 0 saturated carbocycles. The van der Waals surface area contributed by atoms with Gasteiger partial charge in [-0.15, -0.1) is 0 Å². The molecular formula is C22H23F2NO3. The van der Waals surface area contributed by atoms with Crippen molar-refractivity contribution in [3.8, 4) is 11.5 Å². The normalized spacial score (nSPS) is 21.0. The van der Waals surface area contributed by atoms with Crippen molar-refractivity contribution in [1.29, 1.82) is 0 Å². The van der Waals surface area contributed by atoms with Crippen molar-refractivity contribution < 1.29 is 23.0 Å². The molecule has 2 aliphatic rings. The first kappa shape index (κ1) is 18.7. The van der Waals surface area contributed by atoms with Crippen molar-refractivity contribution in [3.63, 3.8) is 0 Å². The molecule has 2 aliphatic heterocycles. The van der Waals surface area contributed by atoms with Crippen molar-refractivity contribution in [3.05, 3.63) is 59.2 Å². The summed E-state index contributed by atoms with van der Waals surface area (Å²) in [6.45, 7) is 3.03. The van der Waals surface area contributed by atoms with E-state index in [0.717, 1.165) is 24.5 Å². The van der Waals surface area contributed by atoms with E-state index in [1.54, 1.807) is 24.3 Å². The van der Waals surface area contributed by atoms with Crippen molar-refractivity contribution in [1.82, 2.24) is 4.90 Å². The molecule has 2 heterocycles. The van der Waals surface area contributed by atoms with Gasteiger partial charge in [-0.3, -0.25) is 4.79 Å². The molecule has 6 heteroatoms. The number of likely N-dealkylation sites (tertiary alicyclic amines) is 1. The summed E-state index contributed by atoms with van der Waals surface area (Å²) in [5.74, 6) is -0.443. The summed E-state index contributed by atoms with van der Waals surface area (Å²) in [6.07, 6.45) is 3.14. The van der Waals surface area contributed by atoms with Crippen LogP contribution in [0.25, 0.3) is 0 Å². The third-order valence-electron chi connectivity index (χ3n) is 5.56. The van der Waals surface area contributed by atoms with Crippen molar-refractivity contribution in [2.75, 3.05) is 13.2 Å². The molecule has 0 N–H and O–H groups in total. The number of halogens is 2. The standard InChI is InChI=1S/C22H23F2NO3/c1-14-2-6-17(7-3-15-4-8-18(23)19(24)12-15)25(14)22(26)16-5-9-20-21(13-16)28-11-10-27-20/h4-5,8-9,12-14,17H,2-3,6-7,10-11H2,1H3/t14-,17-/m1/s1. The summed E-state index contributed by atoms with van der Waals surface area (Å²) in [4.78, 5) is 15.1. The van der Waals surface area contributed by atoms with Gasteiger partial charge in [-0.05, 0) is 68.5 Å². The fraction of sp³-hybridized carbons (Fsp3) is 0.409. The summed E-state index contributed by atoms with van der Waals surface area (Å²) < 4.78 is 37.7. The second-order valence-corrected chi connectivity index (χ2v) is 7.44. The molecule has 148 valence electrons. The molecular weight excluding hydrogens is 364 g/mol. The van der Waals surface area contributed by atoms with Gasteiger partial charge in [0, 0.05) is 17.6 Å². The van der Waals surface area contributed by atoms with Gasteiger partial charge in [0.25, 0.3) is 5.91 Å². The van der Waals surface area contributed by atoms with Crippen molar-refractivity contribution >= 4 is 5.91 Å². The topological polar surface area (TPSA) is 38.8 Å². The molecule has 1 fully saturated rings. The molecule has 2 atom stereocenters. The highest BCUT2D eigenvalue weighted by Gasteiger charge is 2.34. The summed E-state index contributed by atoms with van der Waals surface area (Å²) in [7, 11) is 0. The van der Waals surface area contributed by atoms with E-state index in [0.29, 0.717) is 43.1 Å². The van der Waals surface area contributed by atoms with E-state index in [4.69, 9.17) is 9.47 Å². The van der Waals surface area contributed by atoms with Gasteiger partial charge in [-0.1, -0.05) is 6.07 Å². The fourth-order valence-electron chi connectivity index (χ4n) is 4.07. The molecule has 1 saturated heterocycles. The predicted molar refractivity (Wildman–Crippen MR) is 101 cm³/mol. The van der Waals surface area contributed by atoms with Gasteiger partial charge < -0.3 is 14.4 Å². The van der Waals surface area contributed by atoms with Gasteiger partial charge in [0.1, 0.15) is 13.2 Å². The molecule has 4 rings (SSSR count). The first-order valence-electron chi connectivity index (χ1n) is 9.69. The van der Waals surface area contributed by atoms with Gasteiger partial charge in [-0.2, -0.15) is 0 Å². The Kier molecular flexibility index (Phi) is 5.20. The fourth-order valence-corrected chi connectivity index (χ4v) is 4.07. The number of hydrogen-bond acceptors (Lipinski definition) is 3. The maximum Gasteiger partial charge on any atom is 0.254 e. The van der Waals surface area contributed by atoms with Gasteiger partial charge in [0.2, 0.25) is 0 Å². The van der Waals surface area contributed by atoms with Gasteiger partial charge in [0.15, 0.2) is 23.1 Å². The number of fused-ring (bicyclic) bond motifs is 1. The molecule has 0 aliphatic carbocycles. The minimum atomic E-state index is -0.839. The third kappa shape index (κ3) is 3.68. The van der Waals surface area contributed by atoms with Crippen molar-refractivity contribution in [2.45, 2.75) is 44.7 Å². The number of hydrogen-bond donors (Lipinski definition) is 0. The number of carbonyl (C=O) groups excluding carboxylic acids is 1. The highest BCUT2D eigenvalue weighted by molar-refractivity contribution is 5.95. The highest BCUT2D eigenvalue weighted by Crippen LogP contribution is 2.34. The average molecular weight is 387 g/mol. The van der Waals surface area contributed by atoms with Gasteiger partial charge in [-0.25, -0.2) is 8.78 Å². The molecule has 2 aromatic carbocycles. The Morgan fingerprint density at radius 3 is 2.61 bits per heavy atom. The van der Waals surface area contributed by atoms with E-state index in [1.807, 2.05) is 11.8 Å². The van der Waals surface area contributed by atoms with Crippen LogP contribution < -0.4 is 9.47 Å². The number of ether oxygens (including phenoxy) is 2. The molecule has 0 unspecified atom stereocenters. The van der Waals surface area contributed by atoms with Crippen LogP contribution in [-0.2, 0) is 6.42 Å². The molecule has 0 bridgehead atoms. The third-order valence-corrected chi connectivity index (χ3v) is 5.56. The zero-order chi connectivity index (χ0) is 19.7. The predicted octanol–water partition coefficient (Wildman–Crippen LogP) is 4.36. The second kappa shape index (κ2) is 7.78. The lowest BCUT2D eigenvalue weighted by atomic mass is 10.0. The maximum atomic E-state index is 13.4. The van der Waals surface area contributed by atoms with Crippen LogP contribution in [0, 0.1) is 11.6 Å². The van der Waals surface area contributed by atoms with Crippen LogP contribution in [-0.4, -0.2) is 36.1 Å². The average Bonchev–Trinajstić information content (AvgIpc) is 3.08. The first-order chi connectivity index (χ1) is 13.5. The van der Waals surface area contributed by atoms with Crippen LogP contribution in [0.1, 0.15) is 42.1 Å². The number of carbonyl (C=O) groups is 1. The molecule has 4 nitrogen and oxygen atoms in total. The lowest BCUT2D eigenvalue weighted by Crippen LogP contribution is -2.40. The lowest BCUT2D eigenvalue weighted by Gasteiger charge is -2.29. The Labute approximate surface area is 163 Å². The minimum Gasteiger partial charge on any atom is -0.486 e. The summed E-state index contributed by atoms with van der Waals surface area (Å²) >= 11 is 0. The Balaban J connectivity index is 1.48. The summed E-state index contributed by atoms with van der Waals surface area (Å²) in [6, 6.07) is 9.49. The van der Waals surface area contributed by atoms with E-state index >= 15 is 0 Å². The van der Waals surface area contributed by atoms with E-state index in [2.05, 4.69) is 0 Å². The van der Waals surface area contributed by atoms with E-state index in [9.17, 15) is 13.6 Å². The molecule has 0 aromatic heterocycles. The van der Waals surface area contributed by atoms with Crippen LogP contribution in [0.2, 0.25) is 0 Å². The number of amides is 1. The zero-order valence-electron chi connectivity index (χ0n) is 15.8. The van der Waals surface area contributed by atoms with Crippen LogP contribution in [0.3, 0.4) is 0 Å². The maximum absolute atomic E-state index is 13.4. The molecule has 1 amide bonds.